The van der Waals surface area contributed by atoms with Gasteiger partial charge in [0, 0.05) is 19.2 Å². The van der Waals surface area contributed by atoms with E-state index < -0.39 is 23.7 Å². The van der Waals surface area contributed by atoms with Gasteiger partial charge in [-0.1, -0.05) is 18.2 Å². The molecule has 0 bridgehead atoms. The van der Waals surface area contributed by atoms with Crippen LogP contribution in [0.1, 0.15) is 5.56 Å². The van der Waals surface area contributed by atoms with Crippen LogP contribution in [-0.4, -0.2) is 47.8 Å². The Bertz CT molecular complexity index is 546. The minimum absolute atomic E-state index is 0.0785. The number of halogens is 1. The van der Waals surface area contributed by atoms with Crippen molar-refractivity contribution >= 4 is 17.8 Å². The van der Waals surface area contributed by atoms with Crippen LogP contribution in [0.3, 0.4) is 0 Å². The van der Waals surface area contributed by atoms with Crippen molar-refractivity contribution in [1.82, 2.24) is 15.1 Å². The van der Waals surface area contributed by atoms with Gasteiger partial charge in [-0.15, -0.1) is 0 Å². The number of carbonyl (C=O) groups excluding carboxylic acids is 3. The number of urea groups is 1. The number of carbonyl (C=O) groups is 3. The first-order chi connectivity index (χ1) is 9.49. The standard InChI is InChI=1S/C13H14FN3O3/c1-16(7-9-4-2-3-5-10(9)14)12(19)8-17-11(18)6-15-13(17)20/h2-5H,6-8H2,1H3,(H,15,20). The summed E-state index contributed by atoms with van der Waals surface area (Å²) in [6.07, 6.45) is 0. The number of benzene rings is 1. The molecule has 7 heteroatoms. The lowest BCUT2D eigenvalue weighted by Crippen LogP contribution is -2.41. The van der Waals surface area contributed by atoms with Crippen LogP contribution < -0.4 is 5.32 Å². The zero-order valence-electron chi connectivity index (χ0n) is 10.9. The number of amides is 4. The molecule has 6 nitrogen and oxygen atoms in total. The monoisotopic (exact) mass is 279 g/mol. The van der Waals surface area contributed by atoms with Crippen LogP contribution in [0.4, 0.5) is 9.18 Å². The average molecular weight is 279 g/mol. The summed E-state index contributed by atoms with van der Waals surface area (Å²) in [6.45, 7) is -0.353. The minimum atomic E-state index is -0.581. The summed E-state index contributed by atoms with van der Waals surface area (Å²) >= 11 is 0. The first-order valence-electron chi connectivity index (χ1n) is 6.04. The second-order valence-electron chi connectivity index (χ2n) is 4.48. The van der Waals surface area contributed by atoms with Crippen molar-refractivity contribution in [2.45, 2.75) is 6.54 Å². The second-order valence-corrected chi connectivity index (χ2v) is 4.48. The highest BCUT2D eigenvalue weighted by Crippen LogP contribution is 2.09. The Balaban J connectivity index is 1.97. The van der Waals surface area contributed by atoms with Crippen molar-refractivity contribution < 1.29 is 18.8 Å². The molecule has 0 saturated carbocycles. The van der Waals surface area contributed by atoms with Crippen molar-refractivity contribution in [3.8, 4) is 0 Å². The van der Waals surface area contributed by atoms with E-state index in [2.05, 4.69) is 5.32 Å². The maximum atomic E-state index is 13.5. The number of hydrogen-bond donors (Lipinski definition) is 1. The third-order valence-electron chi connectivity index (χ3n) is 3.02. The van der Waals surface area contributed by atoms with Crippen LogP contribution in [0.15, 0.2) is 24.3 Å². The number of rotatable bonds is 4. The molecule has 4 amide bonds. The number of nitrogens with one attached hydrogen (secondary N) is 1. The second kappa shape index (κ2) is 5.68. The predicted molar refractivity (Wildman–Crippen MR) is 68.0 cm³/mol. The Kier molecular flexibility index (Phi) is 3.97. The highest BCUT2D eigenvalue weighted by atomic mass is 19.1. The topological polar surface area (TPSA) is 69.7 Å². The van der Waals surface area contributed by atoms with Gasteiger partial charge in [0.15, 0.2) is 0 Å². The number of likely N-dealkylation sites (N-methyl/N-ethyl adjacent to an activating group) is 1. The van der Waals surface area contributed by atoms with Gasteiger partial charge < -0.3 is 10.2 Å². The summed E-state index contributed by atoms with van der Waals surface area (Å²) in [5, 5.41) is 2.33. The quantitative estimate of drug-likeness (QED) is 0.808. The van der Waals surface area contributed by atoms with E-state index in [1.54, 1.807) is 18.2 Å². The molecule has 20 heavy (non-hydrogen) atoms. The maximum Gasteiger partial charge on any atom is 0.325 e. The fourth-order valence-corrected chi connectivity index (χ4v) is 1.84. The molecule has 0 atom stereocenters. The average Bonchev–Trinajstić information content (AvgIpc) is 2.73. The Morgan fingerprint density at radius 2 is 2.10 bits per heavy atom. The van der Waals surface area contributed by atoms with E-state index in [1.807, 2.05) is 0 Å². The van der Waals surface area contributed by atoms with Gasteiger partial charge in [0.05, 0.1) is 6.54 Å². The third-order valence-corrected chi connectivity index (χ3v) is 3.02. The van der Waals surface area contributed by atoms with E-state index in [0.29, 0.717) is 5.56 Å². The molecule has 1 N–H and O–H groups in total. The summed E-state index contributed by atoms with van der Waals surface area (Å²) in [7, 11) is 1.49. The smallest absolute Gasteiger partial charge is 0.325 e. The van der Waals surface area contributed by atoms with Gasteiger partial charge in [0.1, 0.15) is 12.4 Å². The van der Waals surface area contributed by atoms with Crippen molar-refractivity contribution in [3.63, 3.8) is 0 Å². The lowest BCUT2D eigenvalue weighted by Gasteiger charge is -2.20. The molecule has 1 aromatic rings. The van der Waals surface area contributed by atoms with Crippen molar-refractivity contribution in [2.24, 2.45) is 0 Å². The third kappa shape index (κ3) is 2.93. The predicted octanol–water partition coefficient (Wildman–Crippen LogP) is 0.336. The Morgan fingerprint density at radius 1 is 1.40 bits per heavy atom. The lowest BCUT2D eigenvalue weighted by atomic mass is 10.2. The first-order valence-corrected chi connectivity index (χ1v) is 6.04. The van der Waals surface area contributed by atoms with Crippen LogP contribution in [0, 0.1) is 5.82 Å². The minimum Gasteiger partial charge on any atom is -0.340 e. The molecular formula is C13H14FN3O3. The van der Waals surface area contributed by atoms with Gasteiger partial charge in [0.25, 0.3) is 5.91 Å². The fraction of sp³-hybridized carbons (Fsp3) is 0.308. The van der Waals surface area contributed by atoms with Crippen LogP contribution in [0.2, 0.25) is 0 Å². The molecule has 1 fully saturated rings. The van der Waals surface area contributed by atoms with Gasteiger partial charge in [0.2, 0.25) is 5.91 Å². The van der Waals surface area contributed by atoms with Gasteiger partial charge in [-0.3, -0.25) is 14.5 Å². The maximum absolute atomic E-state index is 13.5. The van der Waals surface area contributed by atoms with Crippen molar-refractivity contribution in [3.05, 3.63) is 35.6 Å². The number of nitrogens with zero attached hydrogens (tertiary/aromatic N) is 2. The van der Waals surface area contributed by atoms with E-state index in [1.165, 1.54) is 18.0 Å². The molecule has 1 aromatic carbocycles. The molecule has 1 heterocycles. The lowest BCUT2D eigenvalue weighted by molar-refractivity contribution is -0.135. The molecule has 0 unspecified atom stereocenters. The van der Waals surface area contributed by atoms with E-state index >= 15 is 0 Å². The van der Waals surface area contributed by atoms with Crippen LogP contribution in [-0.2, 0) is 16.1 Å². The van der Waals surface area contributed by atoms with Gasteiger partial charge in [-0.25, -0.2) is 9.18 Å². The van der Waals surface area contributed by atoms with Gasteiger partial charge >= 0.3 is 6.03 Å². The summed E-state index contributed by atoms with van der Waals surface area (Å²) in [4.78, 5) is 36.7. The van der Waals surface area contributed by atoms with Crippen molar-refractivity contribution in [1.29, 1.82) is 0 Å². The zero-order valence-corrected chi connectivity index (χ0v) is 10.9. The van der Waals surface area contributed by atoms with Gasteiger partial charge in [-0.05, 0) is 6.07 Å². The number of imide groups is 1. The normalized spacial score (nSPS) is 14.4. The summed E-state index contributed by atoms with van der Waals surface area (Å²) < 4.78 is 13.5. The van der Waals surface area contributed by atoms with Gasteiger partial charge in [-0.2, -0.15) is 0 Å². The molecule has 0 aliphatic carbocycles. The summed E-state index contributed by atoms with van der Waals surface area (Å²) in [5.74, 6) is -1.27. The molecule has 0 spiro atoms. The Hall–Kier alpha value is -2.44. The highest BCUT2D eigenvalue weighted by molar-refractivity contribution is 6.04. The largest absolute Gasteiger partial charge is 0.340 e. The fourth-order valence-electron chi connectivity index (χ4n) is 1.84. The molecule has 2 rings (SSSR count). The molecule has 1 saturated heterocycles. The summed E-state index contributed by atoms with van der Waals surface area (Å²) in [5.41, 5.74) is 0.376. The molecule has 0 radical (unpaired) electrons. The Morgan fingerprint density at radius 3 is 2.70 bits per heavy atom. The SMILES string of the molecule is CN(Cc1ccccc1F)C(=O)CN1C(=O)CNC1=O. The molecule has 106 valence electrons. The summed E-state index contributed by atoms with van der Waals surface area (Å²) in [6, 6.07) is 5.54. The molecule has 1 aliphatic heterocycles. The Labute approximate surface area is 115 Å². The molecule has 1 aliphatic rings. The zero-order chi connectivity index (χ0) is 14.7. The number of hydrogen-bond acceptors (Lipinski definition) is 3. The van der Waals surface area contributed by atoms with E-state index in [9.17, 15) is 18.8 Å². The molecule has 0 aromatic heterocycles. The van der Waals surface area contributed by atoms with Crippen LogP contribution >= 0.6 is 0 Å². The first kappa shape index (κ1) is 14.0. The van der Waals surface area contributed by atoms with E-state index in [-0.39, 0.29) is 19.6 Å². The van der Waals surface area contributed by atoms with E-state index in [4.69, 9.17) is 0 Å². The van der Waals surface area contributed by atoms with Crippen molar-refractivity contribution in [2.75, 3.05) is 20.1 Å². The van der Waals surface area contributed by atoms with E-state index in [0.717, 1.165) is 4.90 Å². The van der Waals surface area contributed by atoms with Crippen LogP contribution in [0.25, 0.3) is 0 Å². The van der Waals surface area contributed by atoms with Crippen LogP contribution in [0.5, 0.6) is 0 Å². The highest BCUT2D eigenvalue weighted by Gasteiger charge is 2.31. The molecular weight excluding hydrogens is 265 g/mol.